The number of methoxy groups -OCH3 is 1. The molecule has 1 aromatic rings. The fourth-order valence-electron chi connectivity index (χ4n) is 2.27. The molecule has 114 valence electrons. The van der Waals surface area contributed by atoms with Gasteiger partial charge in [-0.15, -0.1) is 0 Å². The number of sulfonamides is 1. The average Bonchev–Trinajstić information content (AvgIpc) is 2.76. The Hall–Kier alpha value is -2.00. The van der Waals surface area contributed by atoms with Gasteiger partial charge < -0.3 is 9.64 Å². The zero-order valence-electron chi connectivity index (χ0n) is 11.4. The third-order valence-electron chi connectivity index (χ3n) is 3.12. The maximum atomic E-state index is 12.0. The molecule has 9 heteroatoms. The quantitative estimate of drug-likeness (QED) is 0.749. The van der Waals surface area contributed by atoms with Crippen LogP contribution in [-0.2, 0) is 19.6 Å². The largest absolute Gasteiger partial charge is 0.464 e. The summed E-state index contributed by atoms with van der Waals surface area (Å²) in [6, 6.07) is 3.01. The molecule has 1 fully saturated rings. The Bertz CT molecular complexity index is 673. The number of aromatic nitrogens is 1. The number of anilines is 1. The minimum Gasteiger partial charge on any atom is -0.464 e. The number of carbonyl (C=O) groups is 2. The van der Waals surface area contributed by atoms with E-state index in [1.807, 2.05) is 0 Å². The zero-order valence-corrected chi connectivity index (χ0v) is 12.2. The molecule has 0 radical (unpaired) electrons. The highest BCUT2D eigenvalue weighted by Gasteiger charge is 2.33. The SMILES string of the molecule is COC(=O)c1cc(N2CC(CS(N)(=O)=O)CC2=O)ccn1. The van der Waals surface area contributed by atoms with Crippen LogP contribution >= 0.6 is 0 Å². The van der Waals surface area contributed by atoms with Crippen LogP contribution in [0.5, 0.6) is 0 Å². The van der Waals surface area contributed by atoms with E-state index in [9.17, 15) is 18.0 Å². The molecule has 0 saturated carbocycles. The van der Waals surface area contributed by atoms with Crippen LogP contribution in [-0.4, -0.2) is 44.7 Å². The van der Waals surface area contributed by atoms with Crippen molar-refractivity contribution in [2.75, 3.05) is 24.3 Å². The lowest BCUT2D eigenvalue weighted by Gasteiger charge is -2.16. The molecule has 2 rings (SSSR count). The van der Waals surface area contributed by atoms with Crippen molar-refractivity contribution in [2.45, 2.75) is 6.42 Å². The van der Waals surface area contributed by atoms with E-state index in [1.165, 1.54) is 24.3 Å². The standard InChI is InChI=1S/C12H15N3O5S/c1-20-12(17)10-5-9(2-3-14-10)15-6-8(4-11(15)16)7-21(13,18)19/h2-3,5,8H,4,6-7H2,1H3,(H2,13,18,19). The Kier molecular flexibility index (Phi) is 4.24. The molecule has 2 heterocycles. The van der Waals surface area contributed by atoms with Gasteiger partial charge in [0.1, 0.15) is 5.69 Å². The number of hydrogen-bond donors (Lipinski definition) is 1. The summed E-state index contributed by atoms with van der Waals surface area (Å²) in [5, 5.41) is 5.00. The van der Waals surface area contributed by atoms with Crippen molar-refractivity contribution >= 4 is 27.6 Å². The van der Waals surface area contributed by atoms with Crippen molar-refractivity contribution in [3.05, 3.63) is 24.0 Å². The lowest BCUT2D eigenvalue weighted by Crippen LogP contribution is -2.27. The van der Waals surface area contributed by atoms with Crippen LogP contribution in [0.25, 0.3) is 0 Å². The molecular formula is C12H15N3O5S. The summed E-state index contributed by atoms with van der Waals surface area (Å²) in [7, 11) is -2.39. The van der Waals surface area contributed by atoms with Gasteiger partial charge >= 0.3 is 5.97 Å². The van der Waals surface area contributed by atoms with Crippen molar-refractivity contribution in [1.29, 1.82) is 0 Å². The predicted octanol–water partition coefficient (Wildman–Crippen LogP) is -0.490. The molecule has 8 nitrogen and oxygen atoms in total. The maximum Gasteiger partial charge on any atom is 0.356 e. The first-order chi connectivity index (χ1) is 9.80. The third-order valence-corrected chi connectivity index (χ3v) is 4.06. The summed E-state index contributed by atoms with van der Waals surface area (Å²) in [5.41, 5.74) is 0.560. The lowest BCUT2D eigenvalue weighted by molar-refractivity contribution is -0.117. The molecule has 1 unspecified atom stereocenters. The van der Waals surface area contributed by atoms with Crippen LogP contribution in [0, 0.1) is 5.92 Å². The summed E-state index contributed by atoms with van der Waals surface area (Å²) in [5.74, 6) is -1.43. The molecule has 1 amide bonds. The lowest BCUT2D eigenvalue weighted by atomic mass is 10.1. The summed E-state index contributed by atoms with van der Waals surface area (Å²) in [6.45, 7) is 0.236. The Morgan fingerprint density at radius 2 is 2.29 bits per heavy atom. The molecule has 0 aliphatic carbocycles. The normalized spacial score (nSPS) is 18.9. The summed E-state index contributed by atoms with van der Waals surface area (Å²) < 4.78 is 26.8. The van der Waals surface area contributed by atoms with E-state index >= 15 is 0 Å². The van der Waals surface area contributed by atoms with Gasteiger partial charge in [0.05, 0.1) is 12.9 Å². The highest BCUT2D eigenvalue weighted by molar-refractivity contribution is 7.89. The van der Waals surface area contributed by atoms with Gasteiger partial charge in [0.15, 0.2) is 0 Å². The highest BCUT2D eigenvalue weighted by atomic mass is 32.2. The smallest absolute Gasteiger partial charge is 0.356 e. The van der Waals surface area contributed by atoms with Gasteiger partial charge in [0, 0.05) is 30.8 Å². The summed E-state index contributed by atoms with van der Waals surface area (Å²) >= 11 is 0. The van der Waals surface area contributed by atoms with Gasteiger partial charge in [-0.3, -0.25) is 4.79 Å². The molecule has 1 saturated heterocycles. The fraction of sp³-hybridized carbons (Fsp3) is 0.417. The summed E-state index contributed by atoms with van der Waals surface area (Å²) in [4.78, 5) is 28.7. The highest BCUT2D eigenvalue weighted by Crippen LogP contribution is 2.25. The molecule has 1 aliphatic rings. The number of primary sulfonamides is 1. The topological polar surface area (TPSA) is 120 Å². The predicted molar refractivity (Wildman–Crippen MR) is 74.0 cm³/mol. The maximum absolute atomic E-state index is 12.0. The molecule has 0 spiro atoms. The average molecular weight is 313 g/mol. The second kappa shape index (κ2) is 5.78. The van der Waals surface area contributed by atoms with Crippen LogP contribution in [0.2, 0.25) is 0 Å². The molecule has 2 N–H and O–H groups in total. The van der Waals surface area contributed by atoms with Crippen LogP contribution in [0.3, 0.4) is 0 Å². The van der Waals surface area contributed by atoms with Crippen LogP contribution in [0.15, 0.2) is 18.3 Å². The fourth-order valence-corrected chi connectivity index (χ4v) is 3.16. The Morgan fingerprint density at radius 3 is 2.90 bits per heavy atom. The van der Waals surface area contributed by atoms with Gasteiger partial charge in [-0.2, -0.15) is 0 Å². The van der Waals surface area contributed by atoms with Crippen LogP contribution in [0.1, 0.15) is 16.9 Å². The number of rotatable bonds is 4. The second-order valence-corrected chi connectivity index (χ2v) is 6.45. The Labute approximate surface area is 121 Å². The van der Waals surface area contributed by atoms with Crippen molar-refractivity contribution < 1.29 is 22.7 Å². The molecule has 1 aromatic heterocycles. The number of amides is 1. The van der Waals surface area contributed by atoms with Crippen LogP contribution in [0.4, 0.5) is 5.69 Å². The molecule has 1 atom stereocenters. The minimum absolute atomic E-state index is 0.0812. The minimum atomic E-state index is -3.63. The van der Waals surface area contributed by atoms with Crippen molar-refractivity contribution in [3.8, 4) is 0 Å². The van der Waals surface area contributed by atoms with E-state index in [4.69, 9.17) is 5.14 Å². The van der Waals surface area contributed by atoms with Crippen LogP contribution < -0.4 is 10.0 Å². The molecule has 0 bridgehead atoms. The van der Waals surface area contributed by atoms with E-state index in [2.05, 4.69) is 9.72 Å². The molecule has 0 aromatic carbocycles. The van der Waals surface area contributed by atoms with Crippen molar-refractivity contribution in [1.82, 2.24) is 4.98 Å². The summed E-state index contributed by atoms with van der Waals surface area (Å²) in [6.07, 6.45) is 1.49. The number of ether oxygens (including phenoxy) is 1. The number of hydrogen-bond acceptors (Lipinski definition) is 6. The molecule has 1 aliphatic heterocycles. The number of nitrogens with two attached hydrogens (primary N) is 1. The van der Waals surface area contributed by atoms with Gasteiger partial charge in [-0.05, 0) is 12.1 Å². The first-order valence-electron chi connectivity index (χ1n) is 6.15. The van der Waals surface area contributed by atoms with E-state index in [0.29, 0.717) is 5.69 Å². The first-order valence-corrected chi connectivity index (χ1v) is 7.87. The van der Waals surface area contributed by atoms with Gasteiger partial charge in [-0.25, -0.2) is 23.3 Å². The monoisotopic (exact) mass is 313 g/mol. The third kappa shape index (κ3) is 3.76. The zero-order chi connectivity index (χ0) is 15.6. The van der Waals surface area contributed by atoms with Gasteiger partial charge in [0.25, 0.3) is 0 Å². The van der Waals surface area contributed by atoms with E-state index in [0.717, 1.165) is 0 Å². The molecular weight excluding hydrogens is 298 g/mol. The van der Waals surface area contributed by atoms with E-state index in [-0.39, 0.29) is 36.2 Å². The Morgan fingerprint density at radius 1 is 1.57 bits per heavy atom. The Balaban J connectivity index is 2.19. The first kappa shape index (κ1) is 15.4. The number of carbonyl (C=O) groups excluding carboxylic acids is 2. The second-order valence-electron chi connectivity index (χ2n) is 4.79. The molecule has 21 heavy (non-hydrogen) atoms. The van der Waals surface area contributed by atoms with Gasteiger partial charge in [0.2, 0.25) is 15.9 Å². The van der Waals surface area contributed by atoms with Gasteiger partial charge in [-0.1, -0.05) is 0 Å². The van der Waals surface area contributed by atoms with E-state index in [1.54, 1.807) is 6.07 Å². The van der Waals surface area contributed by atoms with E-state index < -0.39 is 16.0 Å². The number of pyridine rings is 1. The number of esters is 1. The van der Waals surface area contributed by atoms with Crippen molar-refractivity contribution in [3.63, 3.8) is 0 Å². The number of nitrogens with zero attached hydrogens (tertiary/aromatic N) is 2. The van der Waals surface area contributed by atoms with Crippen molar-refractivity contribution in [2.24, 2.45) is 11.1 Å².